The lowest BCUT2D eigenvalue weighted by molar-refractivity contribution is -0.139. The van der Waals surface area contributed by atoms with Gasteiger partial charge in [-0.3, -0.25) is 28.7 Å². The molecule has 1 aromatic heterocycles. The van der Waals surface area contributed by atoms with Crippen LogP contribution in [0.2, 0.25) is 0 Å². The minimum absolute atomic E-state index is 0.0333. The van der Waals surface area contributed by atoms with E-state index in [2.05, 4.69) is 26.3 Å². The number of H-pyrrole nitrogens is 1. The van der Waals surface area contributed by atoms with Crippen molar-refractivity contribution >= 4 is 29.7 Å². The number of hydrogen-bond donors (Lipinski definition) is 9. The minimum atomic E-state index is -1.51. The molecule has 19 nitrogen and oxygen atoms in total. The maximum Gasteiger partial charge on any atom is 0.330 e. The molecule has 5 amide bonds. The number of amides is 5. The van der Waals surface area contributed by atoms with Crippen molar-refractivity contribution in [1.29, 1.82) is 0 Å². The fourth-order valence-corrected chi connectivity index (χ4v) is 6.51. The van der Waals surface area contributed by atoms with E-state index in [1.165, 1.54) is 55.3 Å². The average molecular weight is 827 g/mol. The highest BCUT2D eigenvalue weighted by Gasteiger charge is 2.39. The lowest BCUT2D eigenvalue weighted by Gasteiger charge is -2.34. The monoisotopic (exact) mass is 826 g/mol. The number of halogens is 1. The van der Waals surface area contributed by atoms with Crippen LogP contribution in [0.1, 0.15) is 51.0 Å². The number of carbonyl (C=O) groups excluding carboxylic acids is 4. The molecule has 0 bridgehead atoms. The van der Waals surface area contributed by atoms with Crippen LogP contribution in [0.4, 0.5) is 9.18 Å². The molecule has 4 rings (SSSR count). The number of carbonyl (C=O) groups is 5. The Morgan fingerprint density at radius 3 is 2.12 bits per heavy atom. The number of hydrogen-bond acceptors (Lipinski definition) is 11. The summed E-state index contributed by atoms with van der Waals surface area (Å²) in [5.41, 5.74) is 5.58. The first-order valence-electron chi connectivity index (χ1n) is 18.9. The fourth-order valence-electron chi connectivity index (χ4n) is 6.51. The molecule has 8 atom stereocenters. The SMILES string of the molecule is CC(C)C[C@H](N)C(=O)N(C)[C@@H](C)C(NC(=O)[C@H](Cc1ccc(F)cc1)NC(=O)N[C@@H](Cc1ccc(O)cc1)C(=O)O)C(=O)NC[C@H]1C[C@@H](O)[C@H](n2ccc(=O)[nH]c2=O)O1. The van der Waals surface area contributed by atoms with Crippen molar-refractivity contribution in [3.05, 3.63) is 98.6 Å². The van der Waals surface area contributed by atoms with Gasteiger partial charge in [0.1, 0.15) is 35.8 Å². The zero-order valence-electron chi connectivity index (χ0n) is 33.0. The summed E-state index contributed by atoms with van der Waals surface area (Å²) in [6, 6.07) is 4.25. The van der Waals surface area contributed by atoms with Crippen LogP contribution >= 0.6 is 0 Å². The Balaban J connectivity index is 1.57. The normalized spacial score (nSPS) is 18.8. The van der Waals surface area contributed by atoms with Gasteiger partial charge in [0, 0.05) is 45.1 Å². The highest BCUT2D eigenvalue weighted by atomic mass is 19.1. The molecule has 10 N–H and O–H groups in total. The van der Waals surface area contributed by atoms with E-state index in [4.69, 9.17) is 10.5 Å². The Bertz CT molecular complexity index is 2060. The van der Waals surface area contributed by atoms with Gasteiger partial charge in [-0.1, -0.05) is 38.1 Å². The summed E-state index contributed by atoms with van der Waals surface area (Å²) in [4.78, 5) is 94.2. The van der Waals surface area contributed by atoms with Crippen molar-refractivity contribution in [2.75, 3.05) is 13.6 Å². The van der Waals surface area contributed by atoms with Crippen LogP contribution in [0.25, 0.3) is 0 Å². The Hall–Kier alpha value is -6.12. The number of aromatic nitrogens is 2. The third kappa shape index (κ3) is 12.9. The van der Waals surface area contributed by atoms with Gasteiger partial charge in [0.25, 0.3) is 5.56 Å². The van der Waals surface area contributed by atoms with E-state index in [1.807, 2.05) is 13.8 Å². The maximum absolute atomic E-state index is 14.2. The summed E-state index contributed by atoms with van der Waals surface area (Å²) >= 11 is 0. The number of carboxylic acids is 1. The van der Waals surface area contributed by atoms with Crippen molar-refractivity contribution in [3.8, 4) is 5.75 Å². The molecule has 20 heteroatoms. The van der Waals surface area contributed by atoms with E-state index in [0.29, 0.717) is 17.5 Å². The number of aromatic hydroxyl groups is 1. The summed E-state index contributed by atoms with van der Waals surface area (Å²) in [7, 11) is 1.41. The molecular weight excluding hydrogens is 775 g/mol. The van der Waals surface area contributed by atoms with Gasteiger partial charge in [-0.2, -0.15) is 0 Å². The first-order chi connectivity index (χ1) is 27.8. The van der Waals surface area contributed by atoms with Gasteiger partial charge < -0.3 is 52.0 Å². The molecule has 0 aliphatic carbocycles. The smallest absolute Gasteiger partial charge is 0.330 e. The largest absolute Gasteiger partial charge is 0.508 e. The molecule has 1 unspecified atom stereocenters. The van der Waals surface area contributed by atoms with Crippen molar-refractivity contribution in [1.82, 2.24) is 35.7 Å². The van der Waals surface area contributed by atoms with Crippen LogP contribution in [-0.4, -0.2) is 116 Å². The number of nitrogens with zero attached hydrogens (tertiary/aromatic N) is 2. The van der Waals surface area contributed by atoms with Crippen LogP contribution in [0.3, 0.4) is 0 Å². The second kappa shape index (κ2) is 20.5. The Morgan fingerprint density at radius 1 is 0.932 bits per heavy atom. The molecule has 2 heterocycles. The first-order valence-corrected chi connectivity index (χ1v) is 18.9. The van der Waals surface area contributed by atoms with E-state index in [-0.39, 0.29) is 37.5 Å². The number of carboxylic acid groups (broad SMARTS) is 1. The number of aromatic amines is 1. The number of nitrogens with one attached hydrogen (secondary N) is 5. The second-order valence-electron chi connectivity index (χ2n) is 14.9. The predicted octanol–water partition coefficient (Wildman–Crippen LogP) is -0.543. The molecule has 1 aliphatic heterocycles. The van der Waals surface area contributed by atoms with E-state index in [9.17, 15) is 53.3 Å². The van der Waals surface area contributed by atoms with Gasteiger partial charge >= 0.3 is 17.7 Å². The predicted molar refractivity (Wildman–Crippen MR) is 209 cm³/mol. The van der Waals surface area contributed by atoms with Crippen LogP contribution < -0.4 is 38.2 Å². The maximum atomic E-state index is 14.2. The van der Waals surface area contributed by atoms with Crippen molar-refractivity contribution in [2.24, 2.45) is 11.7 Å². The number of likely N-dealkylation sites (N-methyl/N-ethyl adjacent to an activating group) is 1. The van der Waals surface area contributed by atoms with E-state index < -0.39 is 95.4 Å². The number of rotatable bonds is 18. The lowest BCUT2D eigenvalue weighted by Crippen LogP contribution is -2.63. The third-order valence-corrected chi connectivity index (χ3v) is 9.81. The zero-order chi connectivity index (χ0) is 43.6. The van der Waals surface area contributed by atoms with Gasteiger partial charge in [-0.05, 0) is 54.7 Å². The standard InChI is InChI=1S/C39H51FN8O11/c1-20(2)15-27(41)35(54)47(4)21(3)32(34(53)42-19-26-18-30(50)36(59-26)48-14-13-31(51)45-39(48)58)46-33(52)28(16-22-5-9-24(40)10-6-22)43-38(57)44-29(37(55)56)17-23-7-11-25(49)12-8-23/h5-14,20-21,26-30,32,36,49-50H,15-19,41H2,1-4H3,(H,42,53)(H,46,52)(H,55,56)(H2,43,44,57)(H,45,51,58)/t21-,26+,27-,28-,29-,30+,32?,36+/m0/s1. The number of urea groups is 1. The van der Waals surface area contributed by atoms with Crippen LogP contribution in [0, 0.1) is 11.7 Å². The van der Waals surface area contributed by atoms with Gasteiger partial charge in [0.2, 0.25) is 17.7 Å². The lowest BCUT2D eigenvalue weighted by atomic mass is 10.0. The zero-order valence-corrected chi connectivity index (χ0v) is 33.0. The number of aliphatic carboxylic acids is 1. The molecular formula is C39H51FN8O11. The second-order valence-corrected chi connectivity index (χ2v) is 14.9. The number of phenols is 1. The Morgan fingerprint density at radius 2 is 1.53 bits per heavy atom. The van der Waals surface area contributed by atoms with Crippen LogP contribution in [-0.2, 0) is 36.8 Å². The minimum Gasteiger partial charge on any atom is -0.508 e. The first kappa shape index (κ1) is 45.6. The Kier molecular flexibility index (Phi) is 15.9. The molecule has 0 saturated carbocycles. The Labute approximate surface area is 338 Å². The van der Waals surface area contributed by atoms with Gasteiger partial charge in [-0.15, -0.1) is 0 Å². The van der Waals surface area contributed by atoms with Crippen molar-refractivity contribution < 1.29 is 48.4 Å². The summed E-state index contributed by atoms with van der Waals surface area (Å²) in [6.07, 6.45) is -2.21. The number of ether oxygens (including phenoxy) is 1. The summed E-state index contributed by atoms with van der Waals surface area (Å²) in [5, 5.41) is 40.2. The highest BCUT2D eigenvalue weighted by Crippen LogP contribution is 2.27. The molecule has 59 heavy (non-hydrogen) atoms. The van der Waals surface area contributed by atoms with Crippen LogP contribution in [0.15, 0.2) is 70.4 Å². The molecule has 2 aromatic carbocycles. The molecule has 3 aromatic rings. The van der Waals surface area contributed by atoms with Gasteiger partial charge in [-0.25, -0.2) is 18.8 Å². The molecule has 320 valence electrons. The third-order valence-electron chi connectivity index (χ3n) is 9.81. The van der Waals surface area contributed by atoms with E-state index >= 15 is 0 Å². The average Bonchev–Trinajstić information content (AvgIpc) is 3.55. The van der Waals surface area contributed by atoms with Crippen molar-refractivity contribution in [3.63, 3.8) is 0 Å². The quantitative estimate of drug-likeness (QED) is 0.0782. The molecule has 1 saturated heterocycles. The van der Waals surface area contributed by atoms with Crippen LogP contribution in [0.5, 0.6) is 5.75 Å². The van der Waals surface area contributed by atoms with Gasteiger partial charge in [0.15, 0.2) is 6.23 Å². The molecule has 1 aliphatic rings. The number of aliphatic hydroxyl groups is 1. The summed E-state index contributed by atoms with van der Waals surface area (Å²) in [6.45, 7) is 5.02. The van der Waals surface area contributed by atoms with Gasteiger partial charge in [0.05, 0.1) is 18.2 Å². The summed E-state index contributed by atoms with van der Waals surface area (Å²) < 4.78 is 20.6. The number of aliphatic hydroxyl groups excluding tert-OH is 1. The number of nitrogens with two attached hydrogens (primary N) is 1. The summed E-state index contributed by atoms with van der Waals surface area (Å²) in [5.74, 6) is -4.21. The van der Waals surface area contributed by atoms with Crippen molar-refractivity contribution in [2.45, 2.75) is 95.1 Å². The van der Waals surface area contributed by atoms with E-state index in [0.717, 1.165) is 29.0 Å². The highest BCUT2D eigenvalue weighted by molar-refractivity contribution is 5.93. The topological polar surface area (TPSA) is 288 Å². The molecule has 1 fully saturated rings. The number of phenolic OH excluding ortho intramolecular Hbond substituents is 1. The number of benzene rings is 2. The molecule has 0 radical (unpaired) electrons. The van der Waals surface area contributed by atoms with E-state index in [1.54, 1.807) is 0 Å². The molecule has 0 spiro atoms. The fraction of sp³-hybridized carbons (Fsp3) is 0.462.